The second-order valence-corrected chi connectivity index (χ2v) is 5.44. The van der Waals surface area contributed by atoms with E-state index >= 15 is 0 Å². The smallest absolute Gasteiger partial charge is 0.129 e. The largest absolute Gasteiger partial charge is 0.391 e. The number of hydrogen-bond donors (Lipinski definition) is 2. The van der Waals surface area contributed by atoms with Crippen LogP contribution in [0.3, 0.4) is 0 Å². The zero-order valence-electron chi connectivity index (χ0n) is 10.1. The molecular formula is C12H18Cl2FNO. The molecule has 5 heteroatoms. The van der Waals surface area contributed by atoms with E-state index in [0.29, 0.717) is 5.02 Å². The molecule has 0 aromatic heterocycles. The van der Waals surface area contributed by atoms with Gasteiger partial charge in [-0.3, -0.25) is 0 Å². The maximum absolute atomic E-state index is 13.6. The maximum Gasteiger partial charge on any atom is 0.129 e. The second-order valence-electron chi connectivity index (χ2n) is 5.00. The Bertz CT molecular complexity index is 379. The molecule has 1 aromatic rings. The number of hydrogen-bond acceptors (Lipinski definition) is 2. The molecule has 0 aliphatic rings. The van der Waals surface area contributed by atoms with Crippen LogP contribution < -0.4 is 5.73 Å². The van der Waals surface area contributed by atoms with Crippen molar-refractivity contribution in [1.29, 1.82) is 0 Å². The van der Waals surface area contributed by atoms with E-state index in [2.05, 4.69) is 0 Å². The average molecular weight is 282 g/mol. The molecule has 0 unspecified atom stereocenters. The Morgan fingerprint density at radius 3 is 2.29 bits per heavy atom. The summed E-state index contributed by atoms with van der Waals surface area (Å²) in [5, 5.41) is 10.3. The van der Waals surface area contributed by atoms with Crippen molar-refractivity contribution >= 4 is 24.0 Å². The summed E-state index contributed by atoms with van der Waals surface area (Å²) in [6.45, 7) is 5.56. The van der Waals surface area contributed by atoms with E-state index in [1.165, 1.54) is 12.1 Å². The predicted octanol–water partition coefficient (Wildman–Crippen LogP) is 3.31. The van der Waals surface area contributed by atoms with E-state index in [4.69, 9.17) is 17.3 Å². The minimum atomic E-state index is -0.817. The number of aliphatic hydroxyl groups excluding tert-OH is 1. The van der Waals surface area contributed by atoms with Crippen LogP contribution in [0, 0.1) is 11.2 Å². The molecule has 0 aliphatic carbocycles. The topological polar surface area (TPSA) is 46.2 Å². The first-order chi connectivity index (χ1) is 7.23. The van der Waals surface area contributed by atoms with Gasteiger partial charge in [0.1, 0.15) is 5.82 Å². The average Bonchev–Trinajstić information content (AvgIpc) is 2.14. The molecule has 0 aliphatic heterocycles. The summed E-state index contributed by atoms with van der Waals surface area (Å²) in [6, 6.07) is 3.52. The normalized spacial score (nSPS) is 15.0. The van der Waals surface area contributed by atoms with Crippen molar-refractivity contribution in [1.82, 2.24) is 0 Å². The fourth-order valence-electron chi connectivity index (χ4n) is 1.48. The molecule has 1 aromatic carbocycles. The van der Waals surface area contributed by atoms with Crippen LogP contribution >= 0.6 is 24.0 Å². The zero-order chi connectivity index (χ0) is 12.5. The van der Waals surface area contributed by atoms with Crippen molar-refractivity contribution in [3.05, 3.63) is 34.6 Å². The molecule has 3 N–H and O–H groups in total. The molecule has 17 heavy (non-hydrogen) atoms. The standard InChI is InChI=1S/C12H17ClFNO.ClH/c1-12(2,3)11(16)10(15)8-5-4-7(13)6-9(8)14;/h4-6,10-11,16H,15H2,1-3H3;1H/t10-,11-;/m1./s1. The van der Waals surface area contributed by atoms with E-state index < -0.39 is 23.4 Å². The highest BCUT2D eigenvalue weighted by Crippen LogP contribution is 2.30. The van der Waals surface area contributed by atoms with Crippen LogP contribution in [0.5, 0.6) is 0 Å². The number of nitrogens with two attached hydrogens (primary N) is 1. The highest BCUT2D eigenvalue weighted by atomic mass is 35.5. The first-order valence-corrected chi connectivity index (χ1v) is 5.50. The van der Waals surface area contributed by atoms with Crippen LogP contribution in [0.2, 0.25) is 5.02 Å². The van der Waals surface area contributed by atoms with Gasteiger partial charge < -0.3 is 10.8 Å². The summed E-state index contributed by atoms with van der Waals surface area (Å²) in [7, 11) is 0. The lowest BCUT2D eigenvalue weighted by Crippen LogP contribution is -2.37. The third-order valence-electron chi connectivity index (χ3n) is 2.55. The molecule has 0 spiro atoms. The summed E-state index contributed by atoms with van der Waals surface area (Å²) in [5.41, 5.74) is 5.73. The van der Waals surface area contributed by atoms with E-state index in [0.717, 1.165) is 0 Å². The number of aliphatic hydroxyl groups is 1. The highest BCUT2D eigenvalue weighted by Gasteiger charge is 2.30. The lowest BCUT2D eigenvalue weighted by molar-refractivity contribution is 0.0391. The molecule has 0 heterocycles. The van der Waals surface area contributed by atoms with Crippen molar-refractivity contribution in [2.75, 3.05) is 0 Å². The van der Waals surface area contributed by atoms with E-state index in [1.54, 1.807) is 6.07 Å². The fourth-order valence-corrected chi connectivity index (χ4v) is 1.64. The minimum absolute atomic E-state index is 0. The van der Waals surface area contributed by atoms with Crippen molar-refractivity contribution in [2.45, 2.75) is 32.9 Å². The van der Waals surface area contributed by atoms with E-state index in [-0.39, 0.29) is 18.0 Å². The Balaban J connectivity index is 0.00000256. The third-order valence-corrected chi connectivity index (χ3v) is 2.78. The van der Waals surface area contributed by atoms with Crippen LogP contribution in [0.15, 0.2) is 18.2 Å². The predicted molar refractivity (Wildman–Crippen MR) is 71.0 cm³/mol. The van der Waals surface area contributed by atoms with Gasteiger partial charge in [0.2, 0.25) is 0 Å². The Morgan fingerprint density at radius 1 is 1.35 bits per heavy atom. The van der Waals surface area contributed by atoms with Gasteiger partial charge in [0.15, 0.2) is 0 Å². The Hall–Kier alpha value is -0.350. The van der Waals surface area contributed by atoms with Gasteiger partial charge in [0, 0.05) is 10.6 Å². The number of rotatable bonds is 2. The minimum Gasteiger partial charge on any atom is -0.391 e. The molecular weight excluding hydrogens is 264 g/mol. The molecule has 0 saturated heterocycles. The second kappa shape index (κ2) is 6.01. The van der Waals surface area contributed by atoms with E-state index in [1.807, 2.05) is 20.8 Å². The first-order valence-electron chi connectivity index (χ1n) is 5.12. The van der Waals surface area contributed by atoms with Gasteiger partial charge in [-0.2, -0.15) is 0 Å². The molecule has 98 valence electrons. The van der Waals surface area contributed by atoms with Crippen molar-refractivity contribution in [2.24, 2.45) is 11.1 Å². The molecule has 0 amide bonds. The third kappa shape index (κ3) is 4.11. The summed E-state index contributed by atoms with van der Waals surface area (Å²) < 4.78 is 13.6. The van der Waals surface area contributed by atoms with Crippen LogP contribution in [0.4, 0.5) is 4.39 Å². The Kier molecular flexibility index (Phi) is 5.88. The SMILES string of the molecule is CC(C)(C)[C@H](O)[C@H](N)c1ccc(Cl)cc1F.Cl. The fraction of sp³-hybridized carbons (Fsp3) is 0.500. The molecule has 2 atom stereocenters. The number of halogens is 3. The Morgan fingerprint density at radius 2 is 1.88 bits per heavy atom. The highest BCUT2D eigenvalue weighted by molar-refractivity contribution is 6.30. The Labute approximate surface area is 112 Å². The van der Waals surface area contributed by atoms with Crippen LogP contribution in [-0.2, 0) is 0 Å². The molecule has 1 rings (SSSR count). The van der Waals surface area contributed by atoms with E-state index in [9.17, 15) is 9.50 Å². The zero-order valence-corrected chi connectivity index (χ0v) is 11.6. The van der Waals surface area contributed by atoms with Gasteiger partial charge in [-0.15, -0.1) is 12.4 Å². The van der Waals surface area contributed by atoms with Gasteiger partial charge in [-0.1, -0.05) is 38.4 Å². The van der Waals surface area contributed by atoms with Crippen molar-refractivity contribution in [3.8, 4) is 0 Å². The molecule has 0 bridgehead atoms. The van der Waals surface area contributed by atoms with Gasteiger partial charge in [-0.25, -0.2) is 4.39 Å². The summed E-state index contributed by atoms with van der Waals surface area (Å²) in [6.07, 6.45) is -0.817. The summed E-state index contributed by atoms with van der Waals surface area (Å²) in [5.74, 6) is -0.483. The summed E-state index contributed by atoms with van der Waals surface area (Å²) >= 11 is 5.65. The van der Waals surface area contributed by atoms with Gasteiger partial charge in [-0.05, 0) is 17.5 Å². The van der Waals surface area contributed by atoms with Crippen molar-refractivity contribution in [3.63, 3.8) is 0 Å². The molecule has 0 fully saturated rings. The van der Waals surface area contributed by atoms with Crippen LogP contribution in [0.1, 0.15) is 32.4 Å². The van der Waals surface area contributed by atoms with Gasteiger partial charge in [0.25, 0.3) is 0 Å². The quantitative estimate of drug-likeness (QED) is 0.874. The number of benzene rings is 1. The molecule has 0 radical (unpaired) electrons. The van der Waals surface area contributed by atoms with Crippen LogP contribution in [-0.4, -0.2) is 11.2 Å². The lowest BCUT2D eigenvalue weighted by atomic mass is 9.82. The summed E-state index contributed by atoms with van der Waals surface area (Å²) in [4.78, 5) is 0. The van der Waals surface area contributed by atoms with Crippen molar-refractivity contribution < 1.29 is 9.50 Å². The monoisotopic (exact) mass is 281 g/mol. The van der Waals surface area contributed by atoms with Gasteiger partial charge in [0.05, 0.1) is 12.1 Å². The first kappa shape index (κ1) is 16.6. The lowest BCUT2D eigenvalue weighted by Gasteiger charge is -2.31. The van der Waals surface area contributed by atoms with Crippen LogP contribution in [0.25, 0.3) is 0 Å². The molecule has 0 saturated carbocycles. The maximum atomic E-state index is 13.6. The van der Waals surface area contributed by atoms with Gasteiger partial charge >= 0.3 is 0 Å². The molecule has 2 nitrogen and oxygen atoms in total.